The number of carbonyl (C=O) groups is 2. The molecule has 0 spiro atoms. The molecule has 0 unspecified atom stereocenters. The second-order valence-corrected chi connectivity index (χ2v) is 13.1. The Labute approximate surface area is 243 Å². The van der Waals surface area contributed by atoms with E-state index in [1.54, 1.807) is 9.80 Å². The van der Waals surface area contributed by atoms with E-state index in [4.69, 9.17) is 9.47 Å². The number of nitrogens with one attached hydrogen (secondary N) is 1. The summed E-state index contributed by atoms with van der Waals surface area (Å²) < 4.78 is 11.3. The molecule has 9 heteroatoms. The molecule has 4 rings (SSSR count). The SMILES string of the molecule is CC(C)(C)OC(=O)N1Cc2ccccc2C[C@H]1[C@H](O)CNC[C@@H](O)[C@@H]1Cc2ccccc2CN1C(=O)OC(C)(C)C. The molecule has 9 nitrogen and oxygen atoms in total. The maximum absolute atomic E-state index is 13.1. The number of fused-ring (bicyclic) bond motifs is 2. The summed E-state index contributed by atoms with van der Waals surface area (Å²) in [5.74, 6) is 0. The number of hydrogen-bond donors (Lipinski definition) is 3. The molecule has 2 aliphatic heterocycles. The van der Waals surface area contributed by atoms with Crippen LogP contribution in [0.1, 0.15) is 63.8 Å². The van der Waals surface area contributed by atoms with Crippen LogP contribution in [0.5, 0.6) is 0 Å². The zero-order chi connectivity index (χ0) is 29.9. The van der Waals surface area contributed by atoms with E-state index < -0.39 is 47.7 Å². The fourth-order valence-corrected chi connectivity index (χ4v) is 5.47. The second-order valence-electron chi connectivity index (χ2n) is 13.1. The lowest BCUT2D eigenvalue weighted by atomic mass is 9.90. The lowest BCUT2D eigenvalue weighted by Crippen LogP contribution is -2.56. The van der Waals surface area contributed by atoms with Gasteiger partial charge in [0.1, 0.15) is 11.2 Å². The number of hydrogen-bond acceptors (Lipinski definition) is 7. The highest BCUT2D eigenvalue weighted by Crippen LogP contribution is 2.28. The Bertz CT molecular complexity index is 1130. The van der Waals surface area contributed by atoms with E-state index in [-0.39, 0.29) is 13.1 Å². The fourth-order valence-electron chi connectivity index (χ4n) is 5.47. The van der Waals surface area contributed by atoms with E-state index in [1.165, 1.54) is 0 Å². The number of amides is 2. The van der Waals surface area contributed by atoms with E-state index in [0.29, 0.717) is 25.9 Å². The molecule has 2 aromatic rings. The lowest BCUT2D eigenvalue weighted by Gasteiger charge is -2.41. The summed E-state index contributed by atoms with van der Waals surface area (Å²) in [7, 11) is 0. The van der Waals surface area contributed by atoms with Gasteiger partial charge in [0.05, 0.1) is 24.3 Å². The Balaban J connectivity index is 1.43. The number of nitrogens with zero attached hydrogens (tertiary/aromatic N) is 2. The average Bonchev–Trinajstić information content (AvgIpc) is 2.89. The molecule has 224 valence electrons. The first-order valence-corrected chi connectivity index (χ1v) is 14.4. The summed E-state index contributed by atoms with van der Waals surface area (Å²) in [5, 5.41) is 25.7. The zero-order valence-electron chi connectivity index (χ0n) is 25.1. The summed E-state index contributed by atoms with van der Waals surface area (Å²) >= 11 is 0. The molecule has 0 bridgehead atoms. The Kier molecular flexibility index (Phi) is 9.31. The Morgan fingerprint density at radius 3 is 1.41 bits per heavy atom. The zero-order valence-corrected chi connectivity index (χ0v) is 25.1. The van der Waals surface area contributed by atoms with Crippen LogP contribution in [0.15, 0.2) is 48.5 Å². The van der Waals surface area contributed by atoms with Crippen LogP contribution in [0, 0.1) is 0 Å². The van der Waals surface area contributed by atoms with E-state index in [0.717, 1.165) is 22.3 Å². The Hall–Kier alpha value is -3.14. The predicted octanol–water partition coefficient (Wildman–Crippen LogP) is 4.02. The average molecular weight is 568 g/mol. The molecule has 4 atom stereocenters. The van der Waals surface area contributed by atoms with Gasteiger partial charge in [0, 0.05) is 26.2 Å². The molecule has 0 saturated carbocycles. The maximum atomic E-state index is 13.1. The van der Waals surface area contributed by atoms with Crippen molar-refractivity contribution in [2.75, 3.05) is 13.1 Å². The third-order valence-electron chi connectivity index (χ3n) is 7.43. The van der Waals surface area contributed by atoms with Gasteiger partial charge in [-0.05, 0) is 76.6 Å². The summed E-state index contributed by atoms with van der Waals surface area (Å²) in [6.45, 7) is 11.9. The van der Waals surface area contributed by atoms with Crippen LogP contribution in [-0.4, -0.2) is 80.8 Å². The minimum atomic E-state index is -0.905. The van der Waals surface area contributed by atoms with Crippen molar-refractivity contribution in [1.82, 2.24) is 15.1 Å². The van der Waals surface area contributed by atoms with Crippen LogP contribution in [0.25, 0.3) is 0 Å². The number of aliphatic hydroxyl groups is 2. The van der Waals surface area contributed by atoms with Gasteiger partial charge in [0.2, 0.25) is 0 Å². The summed E-state index contributed by atoms with van der Waals surface area (Å²) in [6, 6.07) is 14.8. The first kappa shape index (κ1) is 30.8. The van der Waals surface area contributed by atoms with Gasteiger partial charge in [0.15, 0.2) is 0 Å². The summed E-state index contributed by atoms with van der Waals surface area (Å²) in [4.78, 5) is 29.4. The standard InChI is InChI=1S/C32H45N3O6/c1-31(2,3)40-29(38)34-19-23-13-9-7-11-21(23)15-25(34)27(36)17-33-18-28(37)26-16-22-12-8-10-14-24(22)20-35(26)30(39)41-32(4,5)6/h7-14,25-28,33,36-37H,15-20H2,1-6H3/t25-,26-,27+,28+/m0/s1. The van der Waals surface area contributed by atoms with Crippen molar-refractivity contribution in [3.8, 4) is 0 Å². The van der Waals surface area contributed by atoms with Crippen LogP contribution in [0.4, 0.5) is 9.59 Å². The molecule has 0 saturated heterocycles. The van der Waals surface area contributed by atoms with Crippen molar-refractivity contribution in [3.63, 3.8) is 0 Å². The third kappa shape index (κ3) is 7.99. The van der Waals surface area contributed by atoms with Crippen molar-refractivity contribution in [2.45, 2.75) is 103 Å². The molecule has 2 aromatic carbocycles. The molecule has 0 aliphatic carbocycles. The van der Waals surface area contributed by atoms with Gasteiger partial charge in [-0.25, -0.2) is 9.59 Å². The number of carbonyl (C=O) groups excluding carboxylic acids is 2. The number of rotatable bonds is 6. The van der Waals surface area contributed by atoms with Gasteiger partial charge >= 0.3 is 12.2 Å². The molecule has 41 heavy (non-hydrogen) atoms. The molecular formula is C32H45N3O6. The van der Waals surface area contributed by atoms with Crippen molar-refractivity contribution in [2.24, 2.45) is 0 Å². The molecule has 0 fully saturated rings. The van der Waals surface area contributed by atoms with Gasteiger partial charge in [-0.2, -0.15) is 0 Å². The van der Waals surface area contributed by atoms with E-state index in [1.807, 2.05) is 90.1 Å². The fraction of sp³-hybridized carbons (Fsp3) is 0.562. The largest absolute Gasteiger partial charge is 0.444 e. The Morgan fingerprint density at radius 1 is 0.732 bits per heavy atom. The molecule has 0 aromatic heterocycles. The molecular weight excluding hydrogens is 522 g/mol. The van der Waals surface area contributed by atoms with Crippen LogP contribution in [0.3, 0.4) is 0 Å². The number of aliphatic hydroxyl groups excluding tert-OH is 2. The highest BCUT2D eigenvalue weighted by atomic mass is 16.6. The molecule has 2 aliphatic rings. The molecule has 2 heterocycles. The summed E-state index contributed by atoms with van der Waals surface area (Å²) in [6.07, 6.45) is -1.76. The van der Waals surface area contributed by atoms with Crippen molar-refractivity contribution in [1.29, 1.82) is 0 Å². The van der Waals surface area contributed by atoms with Crippen molar-refractivity contribution >= 4 is 12.2 Å². The quantitative estimate of drug-likeness (QED) is 0.484. The summed E-state index contributed by atoms with van der Waals surface area (Å²) in [5.41, 5.74) is 2.92. The van der Waals surface area contributed by atoms with Gasteiger partial charge in [-0.1, -0.05) is 48.5 Å². The third-order valence-corrected chi connectivity index (χ3v) is 7.43. The van der Waals surface area contributed by atoms with E-state index in [2.05, 4.69) is 5.32 Å². The van der Waals surface area contributed by atoms with Crippen LogP contribution < -0.4 is 5.32 Å². The monoisotopic (exact) mass is 567 g/mol. The first-order valence-electron chi connectivity index (χ1n) is 14.4. The molecule has 0 radical (unpaired) electrons. The van der Waals surface area contributed by atoms with E-state index in [9.17, 15) is 19.8 Å². The Morgan fingerprint density at radius 2 is 1.07 bits per heavy atom. The molecule has 2 amide bonds. The normalized spacial score (nSPS) is 20.5. The van der Waals surface area contributed by atoms with Gasteiger partial charge in [-0.3, -0.25) is 9.80 Å². The minimum Gasteiger partial charge on any atom is -0.444 e. The first-order chi connectivity index (χ1) is 19.2. The van der Waals surface area contributed by atoms with Gasteiger partial charge in [-0.15, -0.1) is 0 Å². The number of ether oxygens (including phenoxy) is 2. The van der Waals surface area contributed by atoms with Gasteiger partial charge < -0.3 is 25.0 Å². The highest BCUT2D eigenvalue weighted by molar-refractivity contribution is 5.70. The number of benzene rings is 2. The smallest absolute Gasteiger partial charge is 0.410 e. The second kappa shape index (κ2) is 12.4. The van der Waals surface area contributed by atoms with Crippen LogP contribution in [0.2, 0.25) is 0 Å². The molecule has 3 N–H and O–H groups in total. The minimum absolute atomic E-state index is 0.152. The van der Waals surface area contributed by atoms with Crippen LogP contribution in [-0.2, 0) is 35.4 Å². The predicted molar refractivity (Wildman–Crippen MR) is 156 cm³/mol. The topological polar surface area (TPSA) is 112 Å². The van der Waals surface area contributed by atoms with Crippen LogP contribution >= 0.6 is 0 Å². The van der Waals surface area contributed by atoms with E-state index >= 15 is 0 Å². The van der Waals surface area contributed by atoms with Gasteiger partial charge in [0.25, 0.3) is 0 Å². The maximum Gasteiger partial charge on any atom is 0.410 e. The highest BCUT2D eigenvalue weighted by Gasteiger charge is 2.38. The van der Waals surface area contributed by atoms with Crippen molar-refractivity contribution < 1.29 is 29.3 Å². The lowest BCUT2D eigenvalue weighted by molar-refractivity contribution is -0.0166. The van der Waals surface area contributed by atoms with Crippen molar-refractivity contribution in [3.05, 3.63) is 70.8 Å².